The van der Waals surface area contributed by atoms with Gasteiger partial charge in [-0.1, -0.05) is 60.7 Å². The van der Waals surface area contributed by atoms with Crippen molar-refractivity contribution >= 4 is 23.6 Å². The first-order valence-electron chi connectivity index (χ1n) is 9.39. The third kappa shape index (κ3) is 3.51. The summed E-state index contributed by atoms with van der Waals surface area (Å²) in [7, 11) is 0. The number of nitrogens with zero attached hydrogens (tertiary/aromatic N) is 1. The van der Waals surface area contributed by atoms with E-state index >= 15 is 0 Å². The van der Waals surface area contributed by atoms with Gasteiger partial charge >= 0.3 is 5.97 Å². The van der Waals surface area contributed by atoms with Crippen molar-refractivity contribution in [3.05, 3.63) is 107 Å². The van der Waals surface area contributed by atoms with Crippen molar-refractivity contribution in [2.24, 2.45) is 0 Å². The van der Waals surface area contributed by atoms with Crippen LogP contribution in [-0.2, 0) is 4.74 Å². The minimum atomic E-state index is -0.688. The predicted octanol–water partition coefficient (Wildman–Crippen LogP) is 3.37. The maximum Gasteiger partial charge on any atom is 0.338 e. The summed E-state index contributed by atoms with van der Waals surface area (Å²) in [6.07, 6.45) is 0. The van der Waals surface area contributed by atoms with Crippen LogP contribution in [0.5, 0.6) is 0 Å². The van der Waals surface area contributed by atoms with Crippen LogP contribution in [0.4, 0.5) is 0 Å². The fourth-order valence-corrected chi connectivity index (χ4v) is 3.35. The number of esters is 1. The van der Waals surface area contributed by atoms with Crippen molar-refractivity contribution in [2.45, 2.75) is 0 Å². The van der Waals surface area contributed by atoms with Crippen molar-refractivity contribution in [1.29, 1.82) is 0 Å². The van der Waals surface area contributed by atoms with Crippen molar-refractivity contribution in [3.8, 4) is 0 Å². The van der Waals surface area contributed by atoms with Crippen LogP contribution >= 0.6 is 0 Å². The molecule has 0 N–H and O–H groups in total. The molecule has 0 saturated carbocycles. The van der Waals surface area contributed by atoms with Crippen LogP contribution in [0.25, 0.3) is 0 Å². The molecular formula is C24H17NO5. The van der Waals surface area contributed by atoms with E-state index in [-0.39, 0.29) is 30.1 Å². The van der Waals surface area contributed by atoms with Crippen molar-refractivity contribution in [1.82, 2.24) is 4.90 Å². The molecule has 4 rings (SSSR count). The molecule has 0 radical (unpaired) electrons. The minimum absolute atomic E-state index is 0.0626. The largest absolute Gasteiger partial charge is 0.460 e. The molecular weight excluding hydrogens is 382 g/mol. The molecule has 3 aromatic carbocycles. The zero-order chi connectivity index (χ0) is 21.1. The highest BCUT2D eigenvalue weighted by Crippen LogP contribution is 2.22. The average Bonchev–Trinajstić information content (AvgIpc) is 3.04. The van der Waals surface area contributed by atoms with Gasteiger partial charge in [0, 0.05) is 11.1 Å². The molecule has 30 heavy (non-hydrogen) atoms. The summed E-state index contributed by atoms with van der Waals surface area (Å²) in [6, 6.07) is 21.6. The van der Waals surface area contributed by atoms with Gasteiger partial charge < -0.3 is 4.74 Å². The molecule has 0 spiro atoms. The second-order valence-corrected chi connectivity index (χ2v) is 6.68. The molecule has 0 unspecified atom stereocenters. The third-order valence-electron chi connectivity index (χ3n) is 4.85. The Morgan fingerprint density at radius 2 is 1.23 bits per heavy atom. The number of hydrogen-bond donors (Lipinski definition) is 0. The Bertz CT molecular complexity index is 1120. The first kappa shape index (κ1) is 19.3. The highest BCUT2D eigenvalue weighted by molar-refractivity contribution is 6.21. The molecule has 1 aliphatic rings. The Morgan fingerprint density at radius 3 is 1.87 bits per heavy atom. The van der Waals surface area contributed by atoms with Crippen LogP contribution in [0.1, 0.15) is 47.0 Å². The number of fused-ring (bicyclic) bond motifs is 1. The normalized spacial score (nSPS) is 12.6. The van der Waals surface area contributed by atoms with E-state index in [0.717, 1.165) is 4.90 Å². The molecule has 3 aromatic rings. The van der Waals surface area contributed by atoms with E-state index in [2.05, 4.69) is 0 Å². The summed E-state index contributed by atoms with van der Waals surface area (Å²) in [4.78, 5) is 51.2. The van der Waals surface area contributed by atoms with E-state index in [4.69, 9.17) is 4.74 Å². The number of ketones is 1. The van der Waals surface area contributed by atoms with Crippen LogP contribution in [0.15, 0.2) is 78.9 Å². The number of ether oxygens (including phenoxy) is 1. The van der Waals surface area contributed by atoms with Gasteiger partial charge in [-0.3, -0.25) is 19.3 Å². The number of carbonyl (C=O) groups is 4. The lowest BCUT2D eigenvalue weighted by Gasteiger charge is -2.14. The van der Waals surface area contributed by atoms with Crippen LogP contribution in [0, 0.1) is 0 Å². The van der Waals surface area contributed by atoms with Gasteiger partial charge in [0.1, 0.15) is 6.61 Å². The smallest absolute Gasteiger partial charge is 0.338 e. The van der Waals surface area contributed by atoms with Gasteiger partial charge in [0.2, 0.25) is 0 Å². The van der Waals surface area contributed by atoms with Gasteiger partial charge in [0.25, 0.3) is 11.8 Å². The average molecular weight is 399 g/mol. The highest BCUT2D eigenvalue weighted by Gasteiger charge is 2.34. The number of carbonyl (C=O) groups excluding carboxylic acids is 4. The highest BCUT2D eigenvalue weighted by atomic mass is 16.5. The summed E-state index contributed by atoms with van der Waals surface area (Å²) in [5, 5.41) is 0. The van der Waals surface area contributed by atoms with Crippen LogP contribution in [0.2, 0.25) is 0 Å². The molecule has 2 amide bonds. The Kier molecular flexibility index (Phi) is 5.22. The molecule has 6 nitrogen and oxygen atoms in total. The molecule has 0 bridgehead atoms. The lowest BCUT2D eigenvalue weighted by Crippen LogP contribution is -2.33. The van der Waals surface area contributed by atoms with Crippen molar-refractivity contribution in [3.63, 3.8) is 0 Å². The SMILES string of the molecule is O=C(OCCN1C(=O)c2ccccc2C1=O)c1ccccc1C(=O)c1ccccc1. The van der Waals surface area contributed by atoms with Gasteiger partial charge in [-0.2, -0.15) is 0 Å². The van der Waals surface area contributed by atoms with E-state index in [1.165, 1.54) is 6.07 Å². The molecule has 6 heteroatoms. The predicted molar refractivity (Wildman–Crippen MR) is 108 cm³/mol. The van der Waals surface area contributed by atoms with Gasteiger partial charge in [-0.15, -0.1) is 0 Å². The third-order valence-corrected chi connectivity index (χ3v) is 4.85. The molecule has 0 aliphatic carbocycles. The van der Waals surface area contributed by atoms with Crippen molar-refractivity contribution < 1.29 is 23.9 Å². The Hall–Kier alpha value is -4.06. The molecule has 1 aliphatic heterocycles. The topological polar surface area (TPSA) is 80.8 Å². The fraction of sp³-hybridized carbons (Fsp3) is 0.0833. The van der Waals surface area contributed by atoms with Gasteiger partial charge in [-0.05, 0) is 18.2 Å². The summed E-state index contributed by atoms with van der Waals surface area (Å²) < 4.78 is 5.27. The van der Waals surface area contributed by atoms with Gasteiger partial charge in [0.05, 0.1) is 23.2 Å². The summed E-state index contributed by atoms with van der Waals surface area (Å²) in [6.45, 7) is -0.231. The van der Waals surface area contributed by atoms with Crippen LogP contribution in [0.3, 0.4) is 0 Å². The Balaban J connectivity index is 1.44. The van der Waals surface area contributed by atoms with E-state index in [1.54, 1.807) is 72.8 Å². The van der Waals surface area contributed by atoms with Gasteiger partial charge in [-0.25, -0.2) is 4.79 Å². The number of rotatable bonds is 6. The van der Waals surface area contributed by atoms with Crippen molar-refractivity contribution in [2.75, 3.05) is 13.2 Å². The van der Waals surface area contributed by atoms with E-state index in [9.17, 15) is 19.2 Å². The molecule has 148 valence electrons. The summed E-state index contributed by atoms with van der Waals surface area (Å²) in [5.41, 5.74) is 1.51. The first-order valence-corrected chi connectivity index (χ1v) is 9.39. The van der Waals surface area contributed by atoms with Crippen LogP contribution in [-0.4, -0.2) is 41.6 Å². The van der Waals surface area contributed by atoms with Crippen LogP contribution < -0.4 is 0 Å². The lowest BCUT2D eigenvalue weighted by atomic mass is 9.98. The Morgan fingerprint density at radius 1 is 0.700 bits per heavy atom. The Labute approximate surface area is 172 Å². The first-order chi connectivity index (χ1) is 14.6. The number of benzene rings is 3. The fourth-order valence-electron chi connectivity index (χ4n) is 3.35. The number of hydrogen-bond acceptors (Lipinski definition) is 5. The second-order valence-electron chi connectivity index (χ2n) is 6.68. The maximum absolute atomic E-state index is 12.8. The summed E-state index contributed by atoms with van der Waals surface area (Å²) >= 11 is 0. The monoisotopic (exact) mass is 399 g/mol. The van der Waals surface area contributed by atoms with Gasteiger partial charge in [0.15, 0.2) is 5.78 Å². The molecule has 0 atom stereocenters. The standard InChI is InChI=1S/C24H17NO5/c26-21(16-8-2-1-3-9-16)17-10-4-7-13-20(17)24(29)30-15-14-25-22(27)18-11-5-6-12-19(18)23(25)28/h1-13H,14-15H2. The zero-order valence-electron chi connectivity index (χ0n) is 15.9. The molecule has 0 fully saturated rings. The van der Waals surface area contributed by atoms with E-state index in [1.807, 2.05) is 0 Å². The zero-order valence-corrected chi connectivity index (χ0v) is 15.9. The second kappa shape index (κ2) is 8.13. The lowest BCUT2D eigenvalue weighted by molar-refractivity contribution is 0.0419. The van der Waals surface area contributed by atoms with E-state index < -0.39 is 17.8 Å². The van der Waals surface area contributed by atoms with E-state index in [0.29, 0.717) is 16.7 Å². The number of imide groups is 1. The molecule has 0 saturated heterocycles. The summed E-state index contributed by atoms with van der Waals surface area (Å²) in [5.74, 6) is -1.80. The maximum atomic E-state index is 12.8. The number of amides is 2. The quantitative estimate of drug-likeness (QED) is 0.361. The molecule has 0 aromatic heterocycles. The minimum Gasteiger partial charge on any atom is -0.460 e. The molecule has 1 heterocycles.